The van der Waals surface area contributed by atoms with Gasteiger partial charge in [0.1, 0.15) is 23.1 Å². The summed E-state index contributed by atoms with van der Waals surface area (Å²) in [5.41, 5.74) is 0.714. The molecular formula is C31H36FN7O3. The van der Waals surface area contributed by atoms with Gasteiger partial charge in [0.25, 0.3) is 5.56 Å². The first kappa shape index (κ1) is 27.0. The number of hydrogen-bond donors (Lipinski definition) is 2. The second-order valence-corrected chi connectivity index (χ2v) is 11.9. The Hall–Kier alpha value is -3.83. The van der Waals surface area contributed by atoms with Crippen LogP contribution in [0, 0.1) is 0 Å². The average molecular weight is 574 g/mol. The van der Waals surface area contributed by atoms with E-state index in [1.165, 1.54) is 24.5 Å². The molecule has 0 radical (unpaired) electrons. The number of alkyl halides is 1. The van der Waals surface area contributed by atoms with Gasteiger partial charge in [-0.1, -0.05) is 24.3 Å². The summed E-state index contributed by atoms with van der Waals surface area (Å²) in [6, 6.07) is 12.6. The summed E-state index contributed by atoms with van der Waals surface area (Å²) in [4.78, 5) is 31.9. The topological polar surface area (TPSA) is 109 Å². The van der Waals surface area contributed by atoms with Gasteiger partial charge < -0.3 is 20.1 Å². The lowest BCUT2D eigenvalue weighted by molar-refractivity contribution is 0.292. The number of rotatable bonds is 3. The Kier molecular flexibility index (Phi) is 6.94. The summed E-state index contributed by atoms with van der Waals surface area (Å²) < 4.78 is 19.5. The lowest BCUT2D eigenvalue weighted by Crippen LogP contribution is -2.51. The number of phenolic OH excluding ortho intramolecular Hbond substituents is 1. The molecule has 0 amide bonds. The number of nitrogens with zero attached hydrogens (tertiary/aromatic N) is 6. The molecule has 2 bridgehead atoms. The molecule has 6 heterocycles. The molecule has 2 aromatic carbocycles. The van der Waals surface area contributed by atoms with E-state index >= 15 is 0 Å². The van der Waals surface area contributed by atoms with Crippen molar-refractivity contribution in [3.05, 3.63) is 46.8 Å². The van der Waals surface area contributed by atoms with Gasteiger partial charge in [0.2, 0.25) is 0 Å². The number of ether oxygens (including phenoxy) is 1. The van der Waals surface area contributed by atoms with E-state index in [2.05, 4.69) is 25.1 Å². The number of hydrogen-bond acceptors (Lipinski definition) is 9. The molecule has 4 aliphatic rings. The zero-order valence-electron chi connectivity index (χ0n) is 24.0. The third kappa shape index (κ3) is 4.84. The predicted molar refractivity (Wildman–Crippen MR) is 160 cm³/mol. The minimum atomic E-state index is -0.518. The average Bonchev–Trinajstić information content (AvgIpc) is 3.68. The fraction of sp³-hybridized carbons (Fsp3) is 0.484. The van der Waals surface area contributed by atoms with Crippen LogP contribution >= 0.6 is 0 Å². The van der Waals surface area contributed by atoms with Crippen LogP contribution in [0.4, 0.5) is 10.2 Å². The molecule has 4 fully saturated rings. The van der Waals surface area contributed by atoms with Gasteiger partial charge in [-0.15, -0.1) is 0 Å². The first-order valence-corrected chi connectivity index (χ1v) is 14.8. The van der Waals surface area contributed by atoms with Gasteiger partial charge in [-0.25, -0.2) is 9.37 Å². The van der Waals surface area contributed by atoms with Crippen LogP contribution in [0.5, 0.6) is 11.8 Å². The van der Waals surface area contributed by atoms with Crippen molar-refractivity contribution in [1.29, 1.82) is 0 Å². The maximum absolute atomic E-state index is 13.7. The van der Waals surface area contributed by atoms with Gasteiger partial charge in [0.15, 0.2) is 11.5 Å². The Morgan fingerprint density at radius 1 is 1.05 bits per heavy atom. The number of anilines is 1. The molecule has 11 heteroatoms. The summed E-state index contributed by atoms with van der Waals surface area (Å²) >= 11 is 0. The number of phenols is 1. The van der Waals surface area contributed by atoms with Crippen molar-refractivity contribution in [3.63, 3.8) is 0 Å². The Morgan fingerprint density at radius 2 is 1.83 bits per heavy atom. The van der Waals surface area contributed by atoms with E-state index in [0.29, 0.717) is 47.3 Å². The molecule has 10 nitrogen and oxygen atoms in total. The van der Waals surface area contributed by atoms with E-state index in [1.807, 2.05) is 24.3 Å². The fourth-order valence-corrected chi connectivity index (χ4v) is 7.17. The van der Waals surface area contributed by atoms with Gasteiger partial charge in [0.05, 0.1) is 7.11 Å². The van der Waals surface area contributed by atoms with Crippen LogP contribution in [0.1, 0.15) is 32.1 Å². The molecule has 0 aliphatic carbocycles. The normalized spacial score (nSPS) is 25.1. The number of benzene rings is 2. The highest BCUT2D eigenvalue weighted by Crippen LogP contribution is 2.34. The molecule has 2 N–H and O–H groups in total. The molecule has 4 saturated heterocycles. The van der Waals surface area contributed by atoms with Crippen LogP contribution in [0.2, 0.25) is 0 Å². The zero-order valence-corrected chi connectivity index (χ0v) is 24.0. The smallest absolute Gasteiger partial charge is 0.320 e. The van der Waals surface area contributed by atoms with Crippen molar-refractivity contribution in [2.45, 2.75) is 56.4 Å². The second kappa shape index (κ2) is 10.8. The highest BCUT2D eigenvalue weighted by molar-refractivity contribution is 5.97. The molecule has 220 valence electrons. The van der Waals surface area contributed by atoms with Crippen molar-refractivity contribution < 1.29 is 14.2 Å². The van der Waals surface area contributed by atoms with Crippen LogP contribution < -0.4 is 20.5 Å². The van der Waals surface area contributed by atoms with Crippen molar-refractivity contribution >= 4 is 27.6 Å². The molecule has 4 atom stereocenters. The van der Waals surface area contributed by atoms with Crippen LogP contribution in [0.25, 0.3) is 33.2 Å². The van der Waals surface area contributed by atoms with Gasteiger partial charge in [0, 0.05) is 50.4 Å². The summed E-state index contributed by atoms with van der Waals surface area (Å²) in [6.45, 7) is 3.40. The number of halogens is 1. The van der Waals surface area contributed by atoms with Crippen LogP contribution in [-0.4, -0.2) is 87.1 Å². The van der Waals surface area contributed by atoms with Gasteiger partial charge >= 0.3 is 6.01 Å². The van der Waals surface area contributed by atoms with E-state index in [4.69, 9.17) is 9.72 Å². The summed E-state index contributed by atoms with van der Waals surface area (Å²) in [5, 5.41) is 16.1. The lowest BCUT2D eigenvalue weighted by Gasteiger charge is -2.34. The third-order valence-corrected chi connectivity index (χ3v) is 9.14. The van der Waals surface area contributed by atoms with Crippen molar-refractivity contribution in [1.82, 2.24) is 29.7 Å². The largest absolute Gasteiger partial charge is 0.508 e. The quantitative estimate of drug-likeness (QED) is 0.381. The van der Waals surface area contributed by atoms with Crippen LogP contribution in [0.15, 0.2) is 41.2 Å². The summed E-state index contributed by atoms with van der Waals surface area (Å²) in [5.74, 6) is 1.10. The third-order valence-electron chi connectivity index (χ3n) is 9.14. The van der Waals surface area contributed by atoms with E-state index < -0.39 is 6.17 Å². The van der Waals surface area contributed by atoms with Gasteiger partial charge in [-0.2, -0.15) is 9.97 Å². The Balaban J connectivity index is 0.000000272. The Labute approximate surface area is 243 Å². The fourth-order valence-electron chi connectivity index (χ4n) is 7.17. The molecule has 42 heavy (non-hydrogen) atoms. The maximum atomic E-state index is 13.7. The molecule has 4 aliphatic heterocycles. The number of aromatic nitrogens is 4. The number of fused-ring (bicyclic) bond motifs is 5. The standard InChI is InChI=1S/C24H24N6O3.C7H12FN/c1-29-21(18-10-16(31)9-13-5-3-4-6-17(13)18)26-20-19(23(29)32)22(28-24(27-20)33-2)30-11-14-7-8-15(12-30)25-14;8-6-4-7-2-1-3-9(7)5-6/h3-6,9-10,14-15,25,31H,7-8,11-12H2,1-2H3;6-7H,1-5H2. The Morgan fingerprint density at radius 3 is 2.60 bits per heavy atom. The van der Waals surface area contributed by atoms with Crippen LogP contribution in [-0.2, 0) is 7.05 Å². The van der Waals surface area contributed by atoms with Crippen molar-refractivity contribution in [2.24, 2.45) is 7.05 Å². The van der Waals surface area contributed by atoms with E-state index in [0.717, 1.165) is 49.7 Å². The monoisotopic (exact) mass is 573 g/mol. The van der Waals surface area contributed by atoms with E-state index in [9.17, 15) is 14.3 Å². The number of nitrogens with one attached hydrogen (secondary N) is 1. The van der Waals surface area contributed by atoms with E-state index in [1.54, 1.807) is 19.2 Å². The second-order valence-electron chi connectivity index (χ2n) is 11.9. The summed E-state index contributed by atoms with van der Waals surface area (Å²) in [7, 11) is 3.20. The molecule has 8 rings (SSSR count). The lowest BCUT2D eigenvalue weighted by atomic mass is 10.0. The minimum Gasteiger partial charge on any atom is -0.508 e. The first-order chi connectivity index (χ1) is 20.4. The number of aromatic hydroxyl groups is 1. The van der Waals surface area contributed by atoms with Gasteiger partial charge in [-0.3, -0.25) is 14.3 Å². The number of methoxy groups -OCH3 is 1. The highest BCUT2D eigenvalue weighted by atomic mass is 19.1. The molecule has 4 unspecified atom stereocenters. The molecular weight excluding hydrogens is 537 g/mol. The minimum absolute atomic E-state index is 0.107. The summed E-state index contributed by atoms with van der Waals surface area (Å²) in [6.07, 6.45) is 5.05. The number of piperazine rings is 1. The molecule has 0 spiro atoms. The zero-order chi connectivity index (χ0) is 29.0. The maximum Gasteiger partial charge on any atom is 0.320 e. The molecule has 4 aromatic rings. The van der Waals surface area contributed by atoms with Crippen LogP contribution in [0.3, 0.4) is 0 Å². The SMILES string of the molecule is COc1nc(N2CC3CCC(C2)N3)c2c(=O)n(C)c(-c3cc(O)cc4ccccc34)nc2n1.FC1CC2CCCN2C1. The Bertz CT molecular complexity index is 1690. The predicted octanol–water partition coefficient (Wildman–Crippen LogP) is 3.39. The first-order valence-electron chi connectivity index (χ1n) is 14.8. The molecule has 0 saturated carbocycles. The highest BCUT2D eigenvalue weighted by Gasteiger charge is 2.35. The van der Waals surface area contributed by atoms with Crippen molar-refractivity contribution in [3.8, 4) is 23.1 Å². The van der Waals surface area contributed by atoms with Crippen molar-refractivity contribution in [2.75, 3.05) is 38.2 Å². The van der Waals surface area contributed by atoms with Gasteiger partial charge in [-0.05, 0) is 61.6 Å². The molecule has 2 aromatic heterocycles. The van der Waals surface area contributed by atoms with E-state index in [-0.39, 0.29) is 23.0 Å².